The van der Waals surface area contributed by atoms with E-state index in [1.54, 1.807) is 27.7 Å². The number of esters is 1. The summed E-state index contributed by atoms with van der Waals surface area (Å²) in [4.78, 5) is 40.1. The number of carbonyl (C=O) groups is 3. The predicted molar refractivity (Wildman–Crippen MR) is 84.5 cm³/mol. The summed E-state index contributed by atoms with van der Waals surface area (Å²) in [6, 6.07) is -0.438. The lowest BCUT2D eigenvalue weighted by Gasteiger charge is -2.30. The average Bonchev–Trinajstić information content (AvgIpc) is 2.61. The maximum atomic E-state index is 12.6. The molecular weight excluding hydrogens is 298 g/mol. The van der Waals surface area contributed by atoms with Crippen LogP contribution in [0.1, 0.15) is 53.4 Å². The van der Waals surface area contributed by atoms with Crippen molar-refractivity contribution < 1.29 is 19.1 Å². The highest BCUT2D eigenvalue weighted by Gasteiger charge is 2.49. The molecule has 23 heavy (non-hydrogen) atoms. The van der Waals surface area contributed by atoms with Crippen molar-refractivity contribution in [1.82, 2.24) is 15.1 Å². The second-order valence-corrected chi connectivity index (χ2v) is 7.58. The van der Waals surface area contributed by atoms with Crippen LogP contribution < -0.4 is 5.32 Å². The fraction of sp³-hybridized carbons (Fsp3) is 0.812. The molecule has 1 atom stereocenters. The van der Waals surface area contributed by atoms with Crippen LogP contribution in [0.25, 0.3) is 0 Å². The third-order valence-corrected chi connectivity index (χ3v) is 4.05. The molecule has 7 nitrogen and oxygen atoms in total. The molecule has 2 rings (SSSR count). The van der Waals surface area contributed by atoms with Gasteiger partial charge in [-0.05, 0) is 53.6 Å². The molecule has 2 aliphatic rings. The quantitative estimate of drug-likeness (QED) is 0.625. The van der Waals surface area contributed by atoms with Crippen LogP contribution >= 0.6 is 0 Å². The minimum Gasteiger partial charge on any atom is -0.460 e. The van der Waals surface area contributed by atoms with Crippen molar-refractivity contribution in [2.45, 2.75) is 64.5 Å². The molecule has 2 saturated heterocycles. The largest absolute Gasteiger partial charge is 0.460 e. The molecule has 2 aliphatic heterocycles. The van der Waals surface area contributed by atoms with Crippen molar-refractivity contribution in [2.75, 3.05) is 19.8 Å². The highest BCUT2D eigenvalue weighted by Crippen LogP contribution is 2.24. The number of hydrogen-bond acceptors (Lipinski definition) is 5. The van der Waals surface area contributed by atoms with E-state index in [9.17, 15) is 14.4 Å². The summed E-state index contributed by atoms with van der Waals surface area (Å²) in [5, 5.41) is 2.65. The lowest BCUT2D eigenvalue weighted by Crippen LogP contribution is -2.48. The molecule has 130 valence electrons. The van der Waals surface area contributed by atoms with Crippen LogP contribution in [-0.2, 0) is 14.3 Å². The third kappa shape index (κ3) is 4.43. The van der Waals surface area contributed by atoms with E-state index in [4.69, 9.17) is 4.74 Å². The molecule has 0 saturated carbocycles. The van der Waals surface area contributed by atoms with Gasteiger partial charge >= 0.3 is 12.0 Å². The molecule has 1 unspecified atom stereocenters. The third-order valence-electron chi connectivity index (χ3n) is 4.05. The van der Waals surface area contributed by atoms with Crippen molar-refractivity contribution >= 4 is 17.9 Å². The first kappa shape index (κ1) is 17.7. The Labute approximate surface area is 137 Å². The van der Waals surface area contributed by atoms with Crippen LogP contribution in [0.2, 0.25) is 0 Å². The van der Waals surface area contributed by atoms with E-state index >= 15 is 0 Å². The molecule has 0 aromatic carbocycles. The van der Waals surface area contributed by atoms with Crippen LogP contribution in [0, 0.1) is 0 Å². The van der Waals surface area contributed by atoms with E-state index in [2.05, 4.69) is 10.2 Å². The van der Waals surface area contributed by atoms with Crippen LogP contribution in [0.5, 0.6) is 0 Å². The Balaban J connectivity index is 1.99. The Hall–Kier alpha value is -1.63. The number of ether oxygens (including phenoxy) is 1. The van der Waals surface area contributed by atoms with Crippen LogP contribution in [-0.4, -0.2) is 58.6 Å². The summed E-state index contributed by atoms with van der Waals surface area (Å²) in [6.45, 7) is 8.95. The lowest BCUT2D eigenvalue weighted by atomic mass is 9.98. The number of imide groups is 1. The fourth-order valence-electron chi connectivity index (χ4n) is 2.96. The Morgan fingerprint density at radius 3 is 2.39 bits per heavy atom. The molecule has 2 heterocycles. The van der Waals surface area contributed by atoms with Crippen molar-refractivity contribution in [3.05, 3.63) is 0 Å². The van der Waals surface area contributed by atoms with Gasteiger partial charge in [-0.2, -0.15) is 0 Å². The monoisotopic (exact) mass is 325 g/mol. The first-order chi connectivity index (χ1) is 10.6. The van der Waals surface area contributed by atoms with Gasteiger partial charge in [0, 0.05) is 0 Å². The first-order valence-electron chi connectivity index (χ1n) is 8.19. The number of urea groups is 1. The zero-order valence-electron chi connectivity index (χ0n) is 14.5. The van der Waals surface area contributed by atoms with Gasteiger partial charge in [-0.1, -0.05) is 6.42 Å². The zero-order valence-corrected chi connectivity index (χ0v) is 14.5. The summed E-state index contributed by atoms with van der Waals surface area (Å²) in [5.74, 6) is -0.854. The van der Waals surface area contributed by atoms with Gasteiger partial charge < -0.3 is 10.1 Å². The summed E-state index contributed by atoms with van der Waals surface area (Å²) in [5.41, 5.74) is -1.85. The fourth-order valence-corrected chi connectivity index (χ4v) is 2.96. The first-order valence-corrected chi connectivity index (χ1v) is 8.19. The molecule has 0 aliphatic carbocycles. The van der Waals surface area contributed by atoms with Gasteiger partial charge in [-0.15, -0.1) is 0 Å². The van der Waals surface area contributed by atoms with E-state index < -0.39 is 23.1 Å². The SMILES string of the molecule is CC(C)(C)OC(=O)CC1(C)NC(=O)N(CN2CCCCC2)C1=O. The molecule has 0 radical (unpaired) electrons. The topological polar surface area (TPSA) is 79.0 Å². The zero-order chi connectivity index (χ0) is 17.3. The number of amides is 3. The van der Waals surface area contributed by atoms with Crippen LogP contribution in [0.4, 0.5) is 4.79 Å². The number of likely N-dealkylation sites (tertiary alicyclic amines) is 1. The average molecular weight is 325 g/mol. The maximum absolute atomic E-state index is 12.6. The molecule has 7 heteroatoms. The van der Waals surface area contributed by atoms with Crippen molar-refractivity contribution in [3.63, 3.8) is 0 Å². The van der Waals surface area contributed by atoms with Gasteiger partial charge in [0.25, 0.3) is 5.91 Å². The molecule has 0 spiro atoms. The molecule has 0 aromatic heterocycles. The van der Waals surface area contributed by atoms with Gasteiger partial charge in [-0.3, -0.25) is 14.5 Å². The molecule has 2 fully saturated rings. The highest BCUT2D eigenvalue weighted by molar-refractivity contribution is 6.08. The lowest BCUT2D eigenvalue weighted by molar-refractivity contribution is -0.158. The normalized spacial score (nSPS) is 26.3. The molecule has 1 N–H and O–H groups in total. The van der Waals surface area contributed by atoms with E-state index in [0.29, 0.717) is 0 Å². The second-order valence-electron chi connectivity index (χ2n) is 7.58. The predicted octanol–water partition coefficient (Wildman–Crippen LogP) is 1.47. The second kappa shape index (κ2) is 6.47. The minimum atomic E-state index is -1.23. The number of nitrogens with one attached hydrogen (secondary N) is 1. The Morgan fingerprint density at radius 1 is 1.22 bits per heavy atom. The van der Waals surface area contributed by atoms with Crippen molar-refractivity contribution in [1.29, 1.82) is 0 Å². The summed E-state index contributed by atoms with van der Waals surface area (Å²) < 4.78 is 5.26. The number of nitrogens with zero attached hydrogens (tertiary/aromatic N) is 2. The van der Waals surface area contributed by atoms with Gasteiger partial charge in [-0.25, -0.2) is 9.69 Å². The summed E-state index contributed by atoms with van der Waals surface area (Å²) in [6.07, 6.45) is 3.19. The smallest absolute Gasteiger partial charge is 0.326 e. The van der Waals surface area contributed by atoms with Crippen molar-refractivity contribution in [2.24, 2.45) is 0 Å². The molecular formula is C16H27N3O4. The van der Waals surface area contributed by atoms with E-state index in [1.807, 2.05) is 0 Å². The molecule has 0 bridgehead atoms. The van der Waals surface area contributed by atoms with Crippen LogP contribution in [0.15, 0.2) is 0 Å². The summed E-state index contributed by atoms with van der Waals surface area (Å²) >= 11 is 0. The number of piperidine rings is 1. The number of rotatable bonds is 4. The number of hydrogen-bond donors (Lipinski definition) is 1. The standard InChI is InChI=1S/C16H27N3O4/c1-15(2,3)23-12(20)10-16(4)13(21)19(14(22)17-16)11-18-8-6-5-7-9-18/h5-11H2,1-4H3,(H,17,22). The van der Waals surface area contributed by atoms with Gasteiger partial charge in [0.2, 0.25) is 0 Å². The van der Waals surface area contributed by atoms with E-state index in [-0.39, 0.29) is 19.0 Å². The minimum absolute atomic E-state index is 0.161. The van der Waals surface area contributed by atoms with Crippen molar-refractivity contribution in [3.8, 4) is 0 Å². The van der Waals surface area contributed by atoms with Gasteiger partial charge in [0.1, 0.15) is 11.1 Å². The maximum Gasteiger partial charge on any atom is 0.326 e. The summed E-state index contributed by atoms with van der Waals surface area (Å²) in [7, 11) is 0. The Bertz CT molecular complexity index is 494. The van der Waals surface area contributed by atoms with E-state index in [1.165, 1.54) is 11.3 Å². The Kier molecular flexibility index (Phi) is 4.98. The number of carbonyl (C=O) groups excluding carboxylic acids is 3. The van der Waals surface area contributed by atoms with E-state index in [0.717, 1.165) is 25.9 Å². The van der Waals surface area contributed by atoms with Gasteiger partial charge in [0.15, 0.2) is 0 Å². The molecule has 3 amide bonds. The van der Waals surface area contributed by atoms with Gasteiger partial charge in [0.05, 0.1) is 13.1 Å². The van der Waals surface area contributed by atoms with Crippen LogP contribution in [0.3, 0.4) is 0 Å². The molecule has 0 aromatic rings. The Morgan fingerprint density at radius 2 is 1.83 bits per heavy atom. The highest BCUT2D eigenvalue weighted by atomic mass is 16.6.